The van der Waals surface area contributed by atoms with E-state index in [0.717, 1.165) is 29.1 Å². The van der Waals surface area contributed by atoms with Crippen molar-refractivity contribution >= 4 is 35.0 Å². The molecule has 0 radical (unpaired) electrons. The molecule has 2 atom stereocenters. The first kappa shape index (κ1) is 59.7. The number of piperidine rings is 2. The lowest BCUT2D eigenvalue weighted by Crippen LogP contribution is -2.58. The van der Waals surface area contributed by atoms with E-state index in [9.17, 15) is 58.7 Å². The van der Waals surface area contributed by atoms with Gasteiger partial charge in [0.2, 0.25) is 23.6 Å². The smallest absolute Gasteiger partial charge is 0.350 e. The minimum absolute atomic E-state index is 0. The van der Waals surface area contributed by atoms with Crippen LogP contribution in [0.1, 0.15) is 83.7 Å². The number of likely N-dealkylation sites (tertiary alicyclic amines) is 2. The van der Waals surface area contributed by atoms with Gasteiger partial charge in [-0.1, -0.05) is 109 Å². The van der Waals surface area contributed by atoms with Crippen molar-refractivity contribution in [2.24, 2.45) is 0 Å². The minimum atomic E-state index is -4.99. The molecule has 2 spiro atoms. The standard InChI is InChI=1S/C32H35F3N4O2.C30H28F6N4O2.H2/c1-23-19-24(21-26(20-23)32(33,34)35)13-16-37(2)29(40)28(25-9-5-3-6-10-25)38-17-14-31(15-18-38)30(41)36-22-39(31)27-11-7-4-8-12-27;31-29(32,33)22-15-20(16-23(17-22)30(34,35)36)18-37-26(41)25(21-7-3-1-4-8-21)39-13-11-28(12-14-39)27(42)38-19-40(28)24-9-5-2-6-10-24;/h3-12,19-21,28H,13-18,22H2,1-2H3,(H,36,41);1-10,15-17,25H,11-14,18-19H2,(H,37,41)(H,38,42);1H. The molecule has 10 rings (SSSR count). The summed E-state index contributed by atoms with van der Waals surface area (Å²) >= 11 is 0. The summed E-state index contributed by atoms with van der Waals surface area (Å²) in [5.41, 5.74) is -0.941. The van der Waals surface area contributed by atoms with Gasteiger partial charge in [0.05, 0.1) is 30.0 Å². The van der Waals surface area contributed by atoms with E-state index in [1.54, 1.807) is 55.3 Å². The van der Waals surface area contributed by atoms with E-state index in [0.29, 0.717) is 100 Å². The van der Waals surface area contributed by atoms with Crippen molar-refractivity contribution in [2.45, 2.75) is 87.3 Å². The summed E-state index contributed by atoms with van der Waals surface area (Å²) in [5, 5.41) is 8.49. The number of rotatable bonds is 13. The number of hydrogen-bond acceptors (Lipinski definition) is 8. The summed E-state index contributed by atoms with van der Waals surface area (Å²) in [6, 6.07) is 41.5. The molecule has 4 aliphatic rings. The van der Waals surface area contributed by atoms with Crippen LogP contribution in [0.3, 0.4) is 0 Å². The van der Waals surface area contributed by atoms with Crippen LogP contribution in [0.2, 0.25) is 0 Å². The molecule has 440 valence electrons. The number of benzene rings is 6. The zero-order chi connectivity index (χ0) is 59.3. The van der Waals surface area contributed by atoms with Crippen molar-refractivity contribution < 1.29 is 60.1 Å². The van der Waals surface area contributed by atoms with Gasteiger partial charge in [0, 0.05) is 59.1 Å². The summed E-state index contributed by atoms with van der Waals surface area (Å²) in [6.45, 7) is 3.99. The van der Waals surface area contributed by atoms with E-state index in [1.807, 2.05) is 101 Å². The molecule has 3 N–H and O–H groups in total. The second-order valence-electron chi connectivity index (χ2n) is 21.5. The maximum Gasteiger partial charge on any atom is 0.416 e. The average molecular weight is 1160 g/mol. The monoisotopic (exact) mass is 1160 g/mol. The third-order valence-electron chi connectivity index (χ3n) is 16.2. The Balaban J connectivity index is 0.000000217. The van der Waals surface area contributed by atoms with Crippen LogP contribution >= 0.6 is 0 Å². The summed E-state index contributed by atoms with van der Waals surface area (Å²) in [7, 11) is 1.70. The van der Waals surface area contributed by atoms with Crippen molar-refractivity contribution in [3.8, 4) is 0 Å². The van der Waals surface area contributed by atoms with E-state index < -0.39 is 70.8 Å². The van der Waals surface area contributed by atoms with Crippen LogP contribution in [0.5, 0.6) is 0 Å². The van der Waals surface area contributed by atoms with Crippen LogP contribution in [0.25, 0.3) is 0 Å². The van der Waals surface area contributed by atoms with Gasteiger partial charge in [-0.25, -0.2) is 0 Å². The van der Waals surface area contributed by atoms with Gasteiger partial charge >= 0.3 is 18.5 Å². The average Bonchev–Trinajstić information content (AvgIpc) is 2.08. The Morgan fingerprint density at radius 3 is 1.37 bits per heavy atom. The molecule has 0 bridgehead atoms. The first-order valence-corrected chi connectivity index (χ1v) is 27.3. The SMILES string of the molecule is Cc1cc(CCN(C)C(=O)C(c2ccccc2)N2CCC3(CC2)C(=O)NCN3c2ccccc2)cc(C(F)(F)F)c1.O=C(NCc1cc(C(F)(F)F)cc(C(F)(F)F)c1)C(c1ccccc1)N1CCC2(CC1)C(=O)NCN2c1ccccc1.[HH]. The van der Waals surface area contributed by atoms with Gasteiger partial charge in [0.15, 0.2) is 0 Å². The van der Waals surface area contributed by atoms with Gasteiger partial charge in [-0.2, -0.15) is 39.5 Å². The van der Waals surface area contributed by atoms with E-state index >= 15 is 0 Å². The van der Waals surface area contributed by atoms with Gasteiger partial charge in [0.25, 0.3) is 0 Å². The number of anilines is 2. The maximum absolute atomic E-state index is 13.9. The summed E-state index contributed by atoms with van der Waals surface area (Å²) in [4.78, 5) is 63.5. The van der Waals surface area contributed by atoms with E-state index in [-0.39, 0.29) is 37.3 Å². The van der Waals surface area contributed by atoms with Crippen LogP contribution in [-0.2, 0) is 50.7 Å². The molecule has 0 aliphatic carbocycles. The number of hydrogen-bond donors (Lipinski definition) is 3. The predicted molar refractivity (Wildman–Crippen MR) is 297 cm³/mol. The Hall–Kier alpha value is -7.91. The first-order valence-electron chi connectivity index (χ1n) is 27.3. The fraction of sp³-hybridized carbons (Fsp3) is 0.355. The van der Waals surface area contributed by atoms with E-state index in [2.05, 4.69) is 25.8 Å². The summed E-state index contributed by atoms with van der Waals surface area (Å²) in [6.07, 6.45) is -12.1. The Morgan fingerprint density at radius 1 is 0.554 bits per heavy atom. The van der Waals surface area contributed by atoms with Gasteiger partial charge in [-0.05, 0) is 116 Å². The highest BCUT2D eigenvalue weighted by Gasteiger charge is 2.53. The summed E-state index contributed by atoms with van der Waals surface area (Å²) < 4.78 is 120. The van der Waals surface area contributed by atoms with Crippen LogP contribution in [0.4, 0.5) is 50.9 Å². The third kappa shape index (κ3) is 13.3. The largest absolute Gasteiger partial charge is 0.416 e. The molecule has 4 aliphatic heterocycles. The van der Waals surface area contributed by atoms with Crippen molar-refractivity contribution in [1.29, 1.82) is 0 Å². The quantitative estimate of drug-likeness (QED) is 0.0978. The van der Waals surface area contributed by atoms with Crippen molar-refractivity contribution in [1.82, 2.24) is 30.7 Å². The lowest BCUT2D eigenvalue weighted by molar-refractivity contribution is -0.143. The minimum Gasteiger partial charge on any atom is -0.350 e. The molecule has 6 aromatic rings. The summed E-state index contributed by atoms with van der Waals surface area (Å²) in [5.74, 6) is -0.778. The Bertz CT molecular complexity index is 3200. The molecular formula is C62H65F9N8O4. The topological polar surface area (TPSA) is 121 Å². The molecule has 4 fully saturated rings. The second-order valence-corrected chi connectivity index (χ2v) is 21.5. The highest BCUT2D eigenvalue weighted by molar-refractivity contribution is 5.94. The van der Waals surface area contributed by atoms with Crippen LogP contribution in [0.15, 0.2) is 158 Å². The lowest BCUT2D eigenvalue weighted by atomic mass is 9.84. The van der Waals surface area contributed by atoms with Gasteiger partial charge in [0.1, 0.15) is 23.2 Å². The molecule has 0 saturated carbocycles. The maximum atomic E-state index is 13.9. The van der Waals surface area contributed by atoms with Gasteiger partial charge < -0.3 is 30.7 Å². The number of likely N-dealkylation sites (N-methyl/N-ethyl adjacent to an activating group) is 1. The second kappa shape index (κ2) is 24.5. The van der Waals surface area contributed by atoms with Crippen molar-refractivity contribution in [2.75, 3.05) is 62.9 Å². The third-order valence-corrected chi connectivity index (χ3v) is 16.2. The number of nitrogens with one attached hydrogen (secondary N) is 3. The number of para-hydroxylation sites is 2. The molecule has 6 aromatic carbocycles. The molecule has 4 amide bonds. The Kier molecular flexibility index (Phi) is 17.6. The highest BCUT2D eigenvalue weighted by Crippen LogP contribution is 2.42. The number of aryl methyl sites for hydroxylation is 1. The normalized spacial score (nSPS) is 18.0. The molecule has 4 saturated heterocycles. The number of halogens is 9. The Morgan fingerprint density at radius 2 is 0.940 bits per heavy atom. The van der Waals surface area contributed by atoms with Gasteiger partial charge in [-0.15, -0.1) is 0 Å². The fourth-order valence-electron chi connectivity index (χ4n) is 11.9. The predicted octanol–water partition coefficient (Wildman–Crippen LogP) is 10.9. The fourth-order valence-corrected chi connectivity index (χ4v) is 11.9. The zero-order valence-corrected chi connectivity index (χ0v) is 45.6. The Labute approximate surface area is 476 Å². The molecule has 4 heterocycles. The first-order chi connectivity index (χ1) is 39.5. The molecular weight excluding hydrogens is 1090 g/mol. The molecule has 21 heteroatoms. The van der Waals surface area contributed by atoms with Crippen LogP contribution in [-0.4, -0.2) is 103 Å². The number of alkyl halides is 9. The number of amides is 4. The van der Waals surface area contributed by atoms with Crippen molar-refractivity contribution in [3.05, 3.63) is 202 Å². The van der Waals surface area contributed by atoms with Gasteiger partial charge in [-0.3, -0.25) is 29.0 Å². The lowest BCUT2D eigenvalue weighted by Gasteiger charge is -2.45. The van der Waals surface area contributed by atoms with Crippen LogP contribution in [0, 0.1) is 6.92 Å². The van der Waals surface area contributed by atoms with E-state index in [1.165, 1.54) is 0 Å². The highest BCUT2D eigenvalue weighted by atomic mass is 19.4. The molecule has 83 heavy (non-hydrogen) atoms. The zero-order valence-electron chi connectivity index (χ0n) is 45.6. The number of carbonyl (C=O) groups excluding carboxylic acids is 4. The van der Waals surface area contributed by atoms with E-state index in [4.69, 9.17) is 0 Å². The molecule has 0 aromatic heterocycles. The van der Waals surface area contributed by atoms with Crippen molar-refractivity contribution in [3.63, 3.8) is 0 Å². The molecule has 12 nitrogen and oxygen atoms in total. The number of nitrogens with zero attached hydrogens (tertiary/aromatic N) is 5. The van der Waals surface area contributed by atoms with Crippen LogP contribution < -0.4 is 25.8 Å². The molecule has 2 unspecified atom stereocenters. The number of carbonyl (C=O) groups is 4.